The Balaban J connectivity index is 2.45. The van der Waals surface area contributed by atoms with Gasteiger partial charge in [0.1, 0.15) is 11.6 Å². The molecular weight excluding hydrogens is 266 g/mol. The van der Waals surface area contributed by atoms with E-state index in [0.29, 0.717) is 23.6 Å². The summed E-state index contributed by atoms with van der Waals surface area (Å²) in [4.78, 5) is 8.30. The molecule has 0 atom stereocenters. The quantitative estimate of drug-likeness (QED) is 0.665. The summed E-state index contributed by atoms with van der Waals surface area (Å²) in [5, 5.41) is 0. The molecule has 0 spiro atoms. The number of anilines is 1. The van der Waals surface area contributed by atoms with Gasteiger partial charge >= 0.3 is 0 Å². The van der Waals surface area contributed by atoms with Crippen molar-refractivity contribution in [3.05, 3.63) is 41.2 Å². The molecule has 5 nitrogen and oxygen atoms in total. The fraction of sp³-hybridized carbons (Fsp3) is 0.231. The van der Waals surface area contributed by atoms with Crippen molar-refractivity contribution in [3.8, 4) is 11.6 Å². The number of nitrogens with one attached hydrogen (secondary N) is 1. The molecule has 106 valence electrons. The maximum absolute atomic E-state index is 13.6. The summed E-state index contributed by atoms with van der Waals surface area (Å²) in [6, 6.07) is 3.69. The van der Waals surface area contributed by atoms with Crippen molar-refractivity contribution < 1.29 is 13.5 Å². The lowest BCUT2D eigenvalue weighted by atomic mass is 10.3. The van der Waals surface area contributed by atoms with Gasteiger partial charge in [0, 0.05) is 6.42 Å². The van der Waals surface area contributed by atoms with E-state index in [1.54, 1.807) is 6.92 Å². The first kappa shape index (κ1) is 14.1. The lowest BCUT2D eigenvalue weighted by molar-refractivity contribution is 0.401. The third-order valence-corrected chi connectivity index (χ3v) is 2.72. The molecule has 20 heavy (non-hydrogen) atoms. The number of rotatable bonds is 4. The summed E-state index contributed by atoms with van der Waals surface area (Å²) in [7, 11) is 0. The van der Waals surface area contributed by atoms with Gasteiger partial charge in [-0.2, -0.15) is 9.37 Å². The first-order valence-electron chi connectivity index (χ1n) is 6.02. The fourth-order valence-corrected chi connectivity index (χ4v) is 1.61. The summed E-state index contributed by atoms with van der Waals surface area (Å²) in [5.41, 5.74) is 2.93. The summed E-state index contributed by atoms with van der Waals surface area (Å²) in [6.45, 7) is 3.53. The Morgan fingerprint density at radius 2 is 2.05 bits per heavy atom. The average Bonchev–Trinajstić information content (AvgIpc) is 2.45. The van der Waals surface area contributed by atoms with Gasteiger partial charge in [-0.25, -0.2) is 15.2 Å². The minimum Gasteiger partial charge on any atom is -0.435 e. The lowest BCUT2D eigenvalue weighted by Crippen LogP contribution is -2.13. The topological polar surface area (TPSA) is 73.1 Å². The van der Waals surface area contributed by atoms with Gasteiger partial charge in [-0.1, -0.05) is 13.0 Å². The Morgan fingerprint density at radius 1 is 1.30 bits per heavy atom. The largest absolute Gasteiger partial charge is 0.435 e. The number of nitrogens with two attached hydrogens (primary N) is 1. The second-order valence-electron chi connectivity index (χ2n) is 4.07. The highest BCUT2D eigenvalue weighted by molar-refractivity contribution is 5.48. The number of aryl methyl sites for hydroxylation is 1. The van der Waals surface area contributed by atoms with Crippen molar-refractivity contribution in [1.29, 1.82) is 0 Å². The van der Waals surface area contributed by atoms with E-state index in [2.05, 4.69) is 15.4 Å². The van der Waals surface area contributed by atoms with Crippen LogP contribution in [0.1, 0.15) is 18.3 Å². The molecular formula is C13H14F2N4O. The molecule has 0 amide bonds. The Morgan fingerprint density at radius 3 is 2.70 bits per heavy atom. The van der Waals surface area contributed by atoms with Crippen LogP contribution in [0.4, 0.5) is 14.6 Å². The smallest absolute Gasteiger partial charge is 0.227 e. The Hall–Kier alpha value is -2.28. The van der Waals surface area contributed by atoms with E-state index in [-0.39, 0.29) is 11.6 Å². The maximum atomic E-state index is 13.6. The monoisotopic (exact) mass is 280 g/mol. The summed E-state index contributed by atoms with van der Waals surface area (Å²) < 4.78 is 32.1. The standard InChI is InChI=1S/C13H14F2N4O/c1-3-10-17-12(19-16)7(2)13(18-10)20-9-6-4-5-8(14)11(9)15/h4-6H,3,16H2,1-2H3,(H,17,18,19). The van der Waals surface area contributed by atoms with E-state index in [4.69, 9.17) is 10.6 Å². The van der Waals surface area contributed by atoms with Crippen molar-refractivity contribution in [2.24, 2.45) is 5.84 Å². The van der Waals surface area contributed by atoms with Crippen molar-refractivity contribution in [1.82, 2.24) is 9.97 Å². The van der Waals surface area contributed by atoms with Crippen molar-refractivity contribution in [2.45, 2.75) is 20.3 Å². The highest BCUT2D eigenvalue weighted by Gasteiger charge is 2.15. The van der Waals surface area contributed by atoms with E-state index < -0.39 is 11.6 Å². The molecule has 1 aromatic carbocycles. The Kier molecular flexibility index (Phi) is 4.09. The molecule has 0 aliphatic rings. The van der Waals surface area contributed by atoms with Gasteiger partial charge in [0.05, 0.1) is 5.56 Å². The maximum Gasteiger partial charge on any atom is 0.227 e. The number of nitrogen functional groups attached to an aromatic ring is 1. The zero-order chi connectivity index (χ0) is 14.7. The van der Waals surface area contributed by atoms with Gasteiger partial charge in [-0.3, -0.25) is 0 Å². The number of hydrogen-bond donors (Lipinski definition) is 2. The molecule has 0 aliphatic heterocycles. The van der Waals surface area contributed by atoms with E-state index in [9.17, 15) is 8.78 Å². The van der Waals surface area contributed by atoms with Crippen LogP contribution < -0.4 is 16.0 Å². The van der Waals surface area contributed by atoms with E-state index in [1.165, 1.54) is 12.1 Å². The van der Waals surface area contributed by atoms with E-state index >= 15 is 0 Å². The zero-order valence-electron chi connectivity index (χ0n) is 11.1. The van der Waals surface area contributed by atoms with Crippen LogP contribution in [0, 0.1) is 18.6 Å². The molecule has 2 rings (SSSR count). The normalized spacial score (nSPS) is 10.4. The predicted octanol–water partition coefficient (Wildman–Crippen LogP) is 2.70. The van der Waals surface area contributed by atoms with E-state index in [0.717, 1.165) is 6.07 Å². The second-order valence-corrected chi connectivity index (χ2v) is 4.07. The van der Waals surface area contributed by atoms with Crippen molar-refractivity contribution in [2.75, 3.05) is 5.43 Å². The Labute approximate surface area is 114 Å². The fourth-order valence-electron chi connectivity index (χ4n) is 1.61. The third-order valence-electron chi connectivity index (χ3n) is 2.72. The zero-order valence-corrected chi connectivity index (χ0v) is 11.1. The SMILES string of the molecule is CCc1nc(NN)c(C)c(Oc2cccc(F)c2F)n1. The van der Waals surface area contributed by atoms with Crippen LogP contribution in [0.5, 0.6) is 11.6 Å². The molecule has 7 heteroatoms. The molecule has 0 fully saturated rings. The van der Waals surface area contributed by atoms with Crippen LogP contribution >= 0.6 is 0 Å². The predicted molar refractivity (Wildman–Crippen MR) is 70.4 cm³/mol. The van der Waals surface area contributed by atoms with Gasteiger partial charge in [0.25, 0.3) is 0 Å². The molecule has 0 unspecified atom stereocenters. The highest BCUT2D eigenvalue weighted by Crippen LogP contribution is 2.29. The molecule has 1 aromatic heterocycles. The Bertz CT molecular complexity index is 634. The lowest BCUT2D eigenvalue weighted by Gasteiger charge is -2.12. The van der Waals surface area contributed by atoms with Crippen molar-refractivity contribution >= 4 is 5.82 Å². The van der Waals surface area contributed by atoms with Crippen LogP contribution in [0.15, 0.2) is 18.2 Å². The van der Waals surface area contributed by atoms with Crippen LogP contribution in [0.25, 0.3) is 0 Å². The number of benzene rings is 1. The number of nitrogens with zero attached hydrogens (tertiary/aromatic N) is 2. The molecule has 2 aromatic rings. The van der Waals surface area contributed by atoms with Crippen LogP contribution in [-0.2, 0) is 6.42 Å². The van der Waals surface area contributed by atoms with Crippen LogP contribution in [0.2, 0.25) is 0 Å². The molecule has 0 saturated heterocycles. The van der Waals surface area contributed by atoms with Crippen LogP contribution in [0.3, 0.4) is 0 Å². The number of hydrazine groups is 1. The average molecular weight is 280 g/mol. The molecule has 0 bridgehead atoms. The summed E-state index contributed by atoms with van der Waals surface area (Å²) in [6.07, 6.45) is 0.553. The molecule has 0 radical (unpaired) electrons. The number of hydrogen-bond acceptors (Lipinski definition) is 5. The van der Waals surface area contributed by atoms with Gasteiger partial charge in [0.15, 0.2) is 11.6 Å². The minimum absolute atomic E-state index is 0.134. The summed E-state index contributed by atoms with van der Waals surface area (Å²) >= 11 is 0. The number of halogens is 2. The van der Waals surface area contributed by atoms with Crippen molar-refractivity contribution in [3.63, 3.8) is 0 Å². The van der Waals surface area contributed by atoms with Gasteiger partial charge in [-0.15, -0.1) is 0 Å². The van der Waals surface area contributed by atoms with Gasteiger partial charge < -0.3 is 10.2 Å². The number of ether oxygens (including phenoxy) is 1. The summed E-state index contributed by atoms with van der Waals surface area (Å²) in [5.74, 6) is 4.07. The van der Waals surface area contributed by atoms with E-state index in [1.807, 2.05) is 6.92 Å². The van der Waals surface area contributed by atoms with Gasteiger partial charge in [-0.05, 0) is 19.1 Å². The number of aromatic nitrogens is 2. The first-order valence-corrected chi connectivity index (χ1v) is 6.02. The second kappa shape index (κ2) is 5.79. The minimum atomic E-state index is -1.06. The highest BCUT2D eigenvalue weighted by atomic mass is 19.2. The van der Waals surface area contributed by atoms with Gasteiger partial charge in [0.2, 0.25) is 11.7 Å². The van der Waals surface area contributed by atoms with Crippen LogP contribution in [-0.4, -0.2) is 9.97 Å². The first-order chi connectivity index (χ1) is 9.56. The molecule has 0 aliphatic carbocycles. The molecule has 1 heterocycles. The molecule has 3 N–H and O–H groups in total. The third kappa shape index (κ3) is 2.67. The molecule has 0 saturated carbocycles.